The number of nitrogens with zero attached hydrogens (tertiary/aromatic N) is 2. The Morgan fingerprint density at radius 2 is 2.04 bits per heavy atom. The van der Waals surface area contributed by atoms with E-state index in [0.29, 0.717) is 6.61 Å². The first-order valence-corrected chi connectivity index (χ1v) is 8.05. The van der Waals surface area contributed by atoms with Crippen LogP contribution in [0.2, 0.25) is 0 Å². The van der Waals surface area contributed by atoms with E-state index in [1.54, 1.807) is 12.1 Å². The summed E-state index contributed by atoms with van der Waals surface area (Å²) < 4.78 is 18.7. The summed E-state index contributed by atoms with van der Waals surface area (Å²) in [7, 11) is 0. The summed E-state index contributed by atoms with van der Waals surface area (Å²) in [6.45, 7) is 10.0. The third kappa shape index (κ3) is 3.98. The van der Waals surface area contributed by atoms with Crippen molar-refractivity contribution in [1.29, 1.82) is 0 Å². The second-order valence-electron chi connectivity index (χ2n) is 7.31. The fourth-order valence-corrected chi connectivity index (χ4v) is 2.97. The first kappa shape index (κ1) is 16.1. The second-order valence-corrected chi connectivity index (χ2v) is 7.31. The molecule has 5 heteroatoms. The number of H-pyrrole nitrogens is 1. The number of benzene rings is 1. The molecule has 2 aromatic rings. The SMILES string of the molecule is CC(C)(C)CN1CCOC[C@H]1c1ncc(-c2ccc(F)cc2)[nH]1. The molecule has 1 saturated heterocycles. The van der Waals surface area contributed by atoms with Gasteiger partial charge in [0.25, 0.3) is 0 Å². The van der Waals surface area contributed by atoms with Gasteiger partial charge in [-0.1, -0.05) is 20.8 Å². The average Bonchev–Trinajstić information content (AvgIpc) is 2.96. The van der Waals surface area contributed by atoms with Crippen molar-refractivity contribution in [1.82, 2.24) is 14.9 Å². The van der Waals surface area contributed by atoms with Crippen molar-refractivity contribution in [3.8, 4) is 11.3 Å². The highest BCUT2D eigenvalue weighted by molar-refractivity contribution is 5.58. The monoisotopic (exact) mass is 317 g/mol. The van der Waals surface area contributed by atoms with Gasteiger partial charge >= 0.3 is 0 Å². The van der Waals surface area contributed by atoms with Crippen LogP contribution in [0.5, 0.6) is 0 Å². The fourth-order valence-electron chi connectivity index (χ4n) is 2.97. The zero-order valence-electron chi connectivity index (χ0n) is 14.0. The van der Waals surface area contributed by atoms with Gasteiger partial charge in [-0.3, -0.25) is 4.90 Å². The standard InChI is InChI=1S/C18H24FN3O/c1-18(2,3)12-22-8-9-23-11-16(22)17-20-10-15(21-17)13-4-6-14(19)7-5-13/h4-7,10,16H,8-9,11-12H2,1-3H3,(H,20,21)/t16-/m0/s1. The van der Waals surface area contributed by atoms with Gasteiger partial charge in [0.05, 0.1) is 31.1 Å². The molecule has 23 heavy (non-hydrogen) atoms. The van der Waals surface area contributed by atoms with E-state index in [0.717, 1.165) is 36.8 Å². The quantitative estimate of drug-likeness (QED) is 0.940. The van der Waals surface area contributed by atoms with Gasteiger partial charge in [0.1, 0.15) is 11.6 Å². The molecular formula is C18H24FN3O. The van der Waals surface area contributed by atoms with Gasteiger partial charge in [-0.25, -0.2) is 9.37 Å². The van der Waals surface area contributed by atoms with Crippen LogP contribution in [0.25, 0.3) is 11.3 Å². The lowest BCUT2D eigenvalue weighted by Crippen LogP contribution is -2.44. The van der Waals surface area contributed by atoms with Crippen molar-refractivity contribution in [3.05, 3.63) is 42.1 Å². The predicted molar refractivity (Wildman–Crippen MR) is 88.6 cm³/mol. The molecule has 3 rings (SSSR count). The Bertz CT molecular complexity index is 645. The van der Waals surface area contributed by atoms with Crippen molar-refractivity contribution in [2.75, 3.05) is 26.3 Å². The van der Waals surface area contributed by atoms with Crippen LogP contribution in [0.15, 0.2) is 30.5 Å². The molecular weight excluding hydrogens is 293 g/mol. The maximum absolute atomic E-state index is 13.1. The van der Waals surface area contributed by atoms with E-state index < -0.39 is 0 Å². The number of hydrogen-bond acceptors (Lipinski definition) is 3. The van der Waals surface area contributed by atoms with Crippen molar-refractivity contribution in [2.24, 2.45) is 5.41 Å². The molecule has 1 aromatic heterocycles. The molecule has 124 valence electrons. The van der Waals surface area contributed by atoms with Crippen LogP contribution in [0.1, 0.15) is 32.6 Å². The summed E-state index contributed by atoms with van der Waals surface area (Å²) in [4.78, 5) is 10.4. The molecule has 0 unspecified atom stereocenters. The minimum absolute atomic E-state index is 0.136. The molecule has 0 aliphatic carbocycles. The molecule has 0 amide bonds. The molecule has 1 aromatic carbocycles. The highest BCUT2D eigenvalue weighted by atomic mass is 19.1. The molecule has 2 heterocycles. The predicted octanol–water partition coefficient (Wildman–Crippen LogP) is 3.64. The molecule has 0 saturated carbocycles. The number of morpholine rings is 1. The summed E-state index contributed by atoms with van der Waals surface area (Å²) in [5.74, 6) is 0.679. The molecule has 0 bridgehead atoms. The number of aromatic amines is 1. The Balaban J connectivity index is 1.81. The van der Waals surface area contributed by atoms with E-state index in [9.17, 15) is 4.39 Å². The number of aromatic nitrogens is 2. The summed E-state index contributed by atoms with van der Waals surface area (Å²) in [5.41, 5.74) is 2.06. The normalized spacial score (nSPS) is 19.9. The van der Waals surface area contributed by atoms with Crippen LogP contribution in [0.4, 0.5) is 4.39 Å². The Morgan fingerprint density at radius 3 is 2.74 bits per heavy atom. The number of halogens is 1. The summed E-state index contributed by atoms with van der Waals surface area (Å²) in [6.07, 6.45) is 1.81. The van der Waals surface area contributed by atoms with E-state index in [1.807, 2.05) is 6.20 Å². The van der Waals surface area contributed by atoms with E-state index in [1.165, 1.54) is 12.1 Å². The number of hydrogen-bond donors (Lipinski definition) is 1. The minimum Gasteiger partial charge on any atom is -0.378 e. The van der Waals surface area contributed by atoms with Crippen molar-refractivity contribution in [3.63, 3.8) is 0 Å². The smallest absolute Gasteiger partial charge is 0.126 e. The van der Waals surface area contributed by atoms with Gasteiger partial charge in [0, 0.05) is 13.1 Å². The summed E-state index contributed by atoms with van der Waals surface area (Å²) in [6, 6.07) is 6.59. The van der Waals surface area contributed by atoms with Crippen LogP contribution in [0, 0.1) is 11.2 Å². The molecule has 4 nitrogen and oxygen atoms in total. The van der Waals surface area contributed by atoms with Gasteiger partial charge in [-0.2, -0.15) is 0 Å². The molecule has 1 aliphatic heterocycles. The van der Waals surface area contributed by atoms with Gasteiger partial charge in [0.15, 0.2) is 0 Å². The highest BCUT2D eigenvalue weighted by Gasteiger charge is 2.29. The Morgan fingerprint density at radius 1 is 1.30 bits per heavy atom. The van der Waals surface area contributed by atoms with Crippen LogP contribution in [-0.2, 0) is 4.74 Å². The van der Waals surface area contributed by atoms with Gasteiger partial charge in [0.2, 0.25) is 0 Å². The molecule has 1 N–H and O–H groups in total. The van der Waals surface area contributed by atoms with E-state index in [2.05, 4.69) is 35.6 Å². The van der Waals surface area contributed by atoms with Crippen molar-refractivity contribution in [2.45, 2.75) is 26.8 Å². The first-order chi connectivity index (χ1) is 10.9. The molecule has 0 radical (unpaired) electrons. The maximum Gasteiger partial charge on any atom is 0.126 e. The zero-order chi connectivity index (χ0) is 16.4. The zero-order valence-corrected chi connectivity index (χ0v) is 14.0. The Kier molecular flexibility index (Phi) is 4.50. The maximum atomic E-state index is 13.1. The number of rotatable bonds is 3. The third-order valence-electron chi connectivity index (χ3n) is 3.98. The third-order valence-corrected chi connectivity index (χ3v) is 3.98. The molecule has 1 atom stereocenters. The molecule has 0 spiro atoms. The average molecular weight is 317 g/mol. The van der Waals surface area contributed by atoms with Crippen molar-refractivity contribution < 1.29 is 9.13 Å². The Labute approximate surface area is 136 Å². The first-order valence-electron chi connectivity index (χ1n) is 8.05. The molecule has 1 fully saturated rings. The minimum atomic E-state index is -0.231. The summed E-state index contributed by atoms with van der Waals surface area (Å²) >= 11 is 0. The van der Waals surface area contributed by atoms with E-state index in [4.69, 9.17) is 4.74 Å². The van der Waals surface area contributed by atoms with Crippen molar-refractivity contribution >= 4 is 0 Å². The van der Waals surface area contributed by atoms with E-state index in [-0.39, 0.29) is 17.3 Å². The Hall–Kier alpha value is -1.72. The fraction of sp³-hybridized carbons (Fsp3) is 0.500. The van der Waals surface area contributed by atoms with E-state index >= 15 is 0 Å². The van der Waals surface area contributed by atoms with Crippen LogP contribution in [-0.4, -0.2) is 41.2 Å². The van der Waals surface area contributed by atoms with Crippen LogP contribution in [0.3, 0.4) is 0 Å². The van der Waals surface area contributed by atoms with Gasteiger partial charge < -0.3 is 9.72 Å². The van der Waals surface area contributed by atoms with Gasteiger partial charge in [-0.05, 0) is 35.2 Å². The highest BCUT2D eigenvalue weighted by Crippen LogP contribution is 2.28. The topological polar surface area (TPSA) is 41.1 Å². The second kappa shape index (κ2) is 6.42. The summed E-state index contributed by atoms with van der Waals surface area (Å²) in [5, 5.41) is 0. The van der Waals surface area contributed by atoms with Crippen LogP contribution < -0.4 is 0 Å². The lowest BCUT2D eigenvalue weighted by atomic mass is 9.95. The number of imidazole rings is 1. The lowest BCUT2D eigenvalue weighted by molar-refractivity contribution is -0.0246. The van der Waals surface area contributed by atoms with Gasteiger partial charge in [-0.15, -0.1) is 0 Å². The largest absolute Gasteiger partial charge is 0.378 e. The lowest BCUT2D eigenvalue weighted by Gasteiger charge is -2.38. The number of nitrogens with one attached hydrogen (secondary N) is 1. The molecule has 1 aliphatic rings. The van der Waals surface area contributed by atoms with Crippen LogP contribution >= 0.6 is 0 Å². The number of ether oxygens (including phenoxy) is 1.